The summed E-state index contributed by atoms with van der Waals surface area (Å²) in [6, 6.07) is 5.20. The second-order valence-electron chi connectivity index (χ2n) is 6.95. The summed E-state index contributed by atoms with van der Waals surface area (Å²) in [6.45, 7) is 7.25. The number of carbonyl (C=O) groups excluding carboxylic acids is 2. The van der Waals surface area contributed by atoms with Crippen molar-refractivity contribution >= 4 is 17.5 Å². The van der Waals surface area contributed by atoms with Crippen LogP contribution in [-0.2, 0) is 9.53 Å². The molecule has 1 aromatic rings. The first-order valence-electron chi connectivity index (χ1n) is 8.88. The Bertz CT molecular complexity index is 650. The molecule has 1 aromatic carbocycles. The second-order valence-corrected chi connectivity index (χ2v) is 6.95. The van der Waals surface area contributed by atoms with Gasteiger partial charge in [-0.25, -0.2) is 0 Å². The van der Waals surface area contributed by atoms with Gasteiger partial charge in [-0.2, -0.15) is 0 Å². The summed E-state index contributed by atoms with van der Waals surface area (Å²) in [6.07, 6.45) is -0.0638. The Morgan fingerprint density at radius 1 is 1.38 bits per heavy atom. The summed E-state index contributed by atoms with van der Waals surface area (Å²) in [4.78, 5) is 25.9. The molecule has 0 radical (unpaired) electrons. The van der Waals surface area contributed by atoms with Crippen molar-refractivity contribution in [1.82, 2.24) is 10.2 Å². The first kappa shape index (κ1) is 20.2. The van der Waals surface area contributed by atoms with E-state index in [9.17, 15) is 9.59 Å². The molecular weight excluding hydrogens is 334 g/mol. The minimum absolute atomic E-state index is 0.0638. The molecule has 2 N–H and O–H groups in total. The van der Waals surface area contributed by atoms with E-state index >= 15 is 0 Å². The van der Waals surface area contributed by atoms with Crippen molar-refractivity contribution < 1.29 is 19.1 Å². The van der Waals surface area contributed by atoms with E-state index in [4.69, 9.17) is 9.47 Å². The Hall–Kier alpha value is -2.12. The molecule has 2 rings (SSSR count). The summed E-state index contributed by atoms with van der Waals surface area (Å²) < 4.78 is 11.5. The molecular formula is C19H29N3O4. The number of hydrogen-bond acceptors (Lipinski definition) is 5. The van der Waals surface area contributed by atoms with Crippen LogP contribution in [0.15, 0.2) is 18.2 Å². The lowest BCUT2D eigenvalue weighted by Gasteiger charge is -2.30. The fourth-order valence-electron chi connectivity index (χ4n) is 2.94. The quantitative estimate of drug-likeness (QED) is 0.837. The summed E-state index contributed by atoms with van der Waals surface area (Å²) >= 11 is 0. The number of nitrogens with zero attached hydrogens (tertiary/aromatic N) is 1. The maximum atomic E-state index is 12.9. The van der Waals surface area contributed by atoms with E-state index in [0.717, 1.165) is 6.54 Å². The normalized spacial score (nSPS) is 24.7. The fraction of sp³-hybridized carbons (Fsp3) is 0.579. The van der Waals surface area contributed by atoms with Gasteiger partial charge in [-0.15, -0.1) is 0 Å². The zero-order valence-corrected chi connectivity index (χ0v) is 16.2. The zero-order valence-electron chi connectivity index (χ0n) is 16.2. The van der Waals surface area contributed by atoms with Crippen LogP contribution in [0.1, 0.15) is 31.1 Å². The fourth-order valence-corrected chi connectivity index (χ4v) is 2.94. The lowest BCUT2D eigenvalue weighted by molar-refractivity contribution is -0.114. The number of hydrogen-bond donors (Lipinski definition) is 2. The molecule has 2 amide bonds. The molecule has 0 saturated carbocycles. The molecule has 0 aliphatic carbocycles. The highest BCUT2D eigenvalue weighted by Gasteiger charge is 2.25. The third kappa shape index (κ3) is 5.19. The van der Waals surface area contributed by atoms with Gasteiger partial charge in [0.1, 0.15) is 12.4 Å². The zero-order chi connectivity index (χ0) is 19.3. The third-order valence-corrected chi connectivity index (χ3v) is 4.55. The van der Waals surface area contributed by atoms with Gasteiger partial charge in [0.05, 0.1) is 11.7 Å². The molecule has 26 heavy (non-hydrogen) atoms. The number of likely N-dealkylation sites (N-methyl/N-ethyl adjacent to an activating group) is 1. The number of ether oxygens (including phenoxy) is 2. The maximum absolute atomic E-state index is 12.9. The summed E-state index contributed by atoms with van der Waals surface area (Å²) in [7, 11) is 3.43. The summed E-state index contributed by atoms with van der Waals surface area (Å²) in [5, 5.41) is 6.16. The molecule has 0 saturated heterocycles. The van der Waals surface area contributed by atoms with Gasteiger partial charge in [0.15, 0.2) is 0 Å². The minimum Gasteiger partial charge on any atom is -0.491 e. The van der Waals surface area contributed by atoms with Gasteiger partial charge in [-0.1, -0.05) is 6.92 Å². The highest BCUT2D eigenvalue weighted by Crippen LogP contribution is 2.26. The van der Waals surface area contributed by atoms with Crippen LogP contribution in [0.25, 0.3) is 0 Å². The van der Waals surface area contributed by atoms with Crippen molar-refractivity contribution in [2.75, 3.05) is 39.2 Å². The Morgan fingerprint density at radius 3 is 2.77 bits per heavy atom. The van der Waals surface area contributed by atoms with Gasteiger partial charge in [0.2, 0.25) is 5.91 Å². The Kier molecular flexibility index (Phi) is 6.99. The third-order valence-electron chi connectivity index (χ3n) is 4.55. The highest BCUT2D eigenvalue weighted by atomic mass is 16.5. The predicted octanol–water partition coefficient (Wildman–Crippen LogP) is 1.74. The van der Waals surface area contributed by atoms with Crippen molar-refractivity contribution in [1.29, 1.82) is 0 Å². The van der Waals surface area contributed by atoms with Crippen LogP contribution >= 0.6 is 0 Å². The van der Waals surface area contributed by atoms with Crippen LogP contribution in [0.3, 0.4) is 0 Å². The van der Waals surface area contributed by atoms with Gasteiger partial charge in [0, 0.05) is 52.0 Å². The summed E-state index contributed by atoms with van der Waals surface area (Å²) in [5.74, 6) is 0.404. The van der Waals surface area contributed by atoms with Crippen LogP contribution in [0, 0.1) is 5.92 Å². The topological polar surface area (TPSA) is 79.9 Å². The van der Waals surface area contributed by atoms with Gasteiger partial charge < -0.3 is 25.0 Å². The molecule has 144 valence electrons. The number of amides is 2. The number of benzene rings is 1. The highest BCUT2D eigenvalue weighted by molar-refractivity contribution is 5.98. The minimum atomic E-state index is -0.173. The van der Waals surface area contributed by atoms with Crippen molar-refractivity contribution in [2.24, 2.45) is 5.92 Å². The lowest BCUT2D eigenvalue weighted by Crippen LogP contribution is -2.44. The SMILES string of the molecule is CO[C@H]1CN(C)C(=O)c2ccc(NC(C)=O)cc2OC[C@H](C)NC[C@@H]1C. The molecule has 0 unspecified atom stereocenters. The molecule has 0 fully saturated rings. The Morgan fingerprint density at radius 2 is 2.12 bits per heavy atom. The molecule has 1 aliphatic rings. The smallest absolute Gasteiger partial charge is 0.257 e. The molecule has 7 nitrogen and oxygen atoms in total. The molecule has 7 heteroatoms. The number of methoxy groups -OCH3 is 1. The number of fused-ring (bicyclic) bond motifs is 1. The monoisotopic (exact) mass is 363 g/mol. The molecule has 3 atom stereocenters. The number of carbonyl (C=O) groups is 2. The first-order valence-corrected chi connectivity index (χ1v) is 8.88. The number of nitrogens with one attached hydrogen (secondary N) is 2. The van der Waals surface area contributed by atoms with E-state index in [1.165, 1.54) is 6.92 Å². The van der Waals surface area contributed by atoms with Gasteiger partial charge >= 0.3 is 0 Å². The van der Waals surface area contributed by atoms with Gasteiger partial charge in [0.25, 0.3) is 5.91 Å². The molecule has 1 heterocycles. The van der Waals surface area contributed by atoms with Crippen LogP contribution in [-0.4, -0.2) is 62.7 Å². The number of rotatable bonds is 2. The van der Waals surface area contributed by atoms with Crippen molar-refractivity contribution in [3.63, 3.8) is 0 Å². The average molecular weight is 363 g/mol. The molecule has 0 spiro atoms. The van der Waals surface area contributed by atoms with E-state index in [1.54, 1.807) is 37.3 Å². The van der Waals surface area contributed by atoms with Crippen molar-refractivity contribution in [3.05, 3.63) is 23.8 Å². The van der Waals surface area contributed by atoms with Crippen LogP contribution < -0.4 is 15.4 Å². The van der Waals surface area contributed by atoms with E-state index in [-0.39, 0.29) is 29.9 Å². The Labute approximate surface area is 155 Å². The van der Waals surface area contributed by atoms with Crippen LogP contribution in [0.5, 0.6) is 5.75 Å². The second kappa shape index (κ2) is 9.00. The van der Waals surface area contributed by atoms with E-state index in [0.29, 0.717) is 30.2 Å². The van der Waals surface area contributed by atoms with Crippen molar-refractivity contribution in [2.45, 2.75) is 32.9 Å². The van der Waals surface area contributed by atoms with Gasteiger partial charge in [-0.3, -0.25) is 9.59 Å². The van der Waals surface area contributed by atoms with Crippen molar-refractivity contribution in [3.8, 4) is 5.75 Å². The molecule has 0 bridgehead atoms. The molecule has 0 aromatic heterocycles. The van der Waals surface area contributed by atoms with E-state index in [2.05, 4.69) is 17.6 Å². The summed E-state index contributed by atoms with van der Waals surface area (Å²) in [5.41, 5.74) is 1.07. The Balaban J connectivity index is 2.35. The average Bonchev–Trinajstić information content (AvgIpc) is 2.60. The first-order chi connectivity index (χ1) is 12.3. The predicted molar refractivity (Wildman–Crippen MR) is 101 cm³/mol. The van der Waals surface area contributed by atoms with E-state index in [1.807, 2.05) is 6.92 Å². The standard InChI is InChI=1S/C19H29N3O4/c1-12-9-20-13(2)11-26-17-8-15(21-14(3)23)6-7-16(17)19(24)22(4)10-18(12)25-5/h6-8,12-13,18,20H,9-11H2,1-5H3,(H,21,23)/t12-,13-,18-/m0/s1. The number of anilines is 1. The lowest BCUT2D eigenvalue weighted by atomic mass is 10.0. The largest absolute Gasteiger partial charge is 0.491 e. The van der Waals surface area contributed by atoms with Crippen LogP contribution in [0.2, 0.25) is 0 Å². The van der Waals surface area contributed by atoms with Crippen LogP contribution in [0.4, 0.5) is 5.69 Å². The molecule has 1 aliphatic heterocycles. The van der Waals surface area contributed by atoms with E-state index < -0.39 is 0 Å². The maximum Gasteiger partial charge on any atom is 0.257 e. The van der Waals surface area contributed by atoms with Gasteiger partial charge in [-0.05, 0) is 25.0 Å².